The maximum Gasteiger partial charge on any atom is 0.262 e. The molecule has 0 saturated heterocycles. The van der Waals surface area contributed by atoms with Crippen LogP contribution in [0, 0.1) is 5.92 Å². The standard InChI is InChI=1S/C25H26N2O3/c26-24(29)20-12-9-18-13-14-27(25(30)22(18)16-20)21-7-3-1-2-5-17(15-21)6-4-8-23(28)19-10-11-19/h3,5,7,9,12-16,19H,1-2,4,6,8,10-11H2,(H2,26,29)/b7-3-,17-5-,21-15+. The van der Waals surface area contributed by atoms with E-state index >= 15 is 0 Å². The Bertz CT molecular complexity index is 1150. The van der Waals surface area contributed by atoms with Crippen molar-refractivity contribution in [1.29, 1.82) is 0 Å². The van der Waals surface area contributed by atoms with E-state index in [1.807, 2.05) is 18.2 Å². The molecule has 0 bridgehead atoms. The highest BCUT2D eigenvalue weighted by Gasteiger charge is 2.28. The van der Waals surface area contributed by atoms with Gasteiger partial charge in [-0.15, -0.1) is 0 Å². The van der Waals surface area contributed by atoms with Crippen LogP contribution in [0.1, 0.15) is 55.3 Å². The van der Waals surface area contributed by atoms with Crippen molar-refractivity contribution in [2.24, 2.45) is 11.7 Å². The lowest BCUT2D eigenvalue weighted by molar-refractivity contribution is -0.120. The molecule has 1 amide bonds. The molecule has 0 aliphatic heterocycles. The summed E-state index contributed by atoms with van der Waals surface area (Å²) in [5.41, 5.74) is 7.45. The summed E-state index contributed by atoms with van der Waals surface area (Å²) in [7, 11) is 0. The van der Waals surface area contributed by atoms with Crippen LogP contribution in [0.2, 0.25) is 0 Å². The van der Waals surface area contributed by atoms with Crippen molar-refractivity contribution in [3.63, 3.8) is 0 Å². The van der Waals surface area contributed by atoms with E-state index in [4.69, 9.17) is 5.73 Å². The number of hydrogen-bond donors (Lipinski definition) is 1. The second-order valence-corrected chi connectivity index (χ2v) is 8.08. The van der Waals surface area contributed by atoms with Gasteiger partial charge in [0, 0.05) is 35.2 Å². The molecule has 2 aliphatic rings. The SMILES string of the molecule is NC(=O)c1ccc2ccn(C3=C/C(CCCC(=O)C4CC4)=C\CC/C=C\3)c(=O)c2c1. The van der Waals surface area contributed by atoms with E-state index in [1.54, 1.807) is 29.0 Å². The molecule has 154 valence electrons. The fraction of sp³-hybridized carbons (Fsp3) is 0.320. The zero-order valence-corrected chi connectivity index (χ0v) is 17.0. The average molecular weight is 402 g/mol. The van der Waals surface area contributed by atoms with Gasteiger partial charge in [0.25, 0.3) is 5.56 Å². The predicted molar refractivity (Wildman–Crippen MR) is 119 cm³/mol. The van der Waals surface area contributed by atoms with Crippen LogP contribution >= 0.6 is 0 Å². The van der Waals surface area contributed by atoms with Gasteiger partial charge in [-0.05, 0) is 79.8 Å². The van der Waals surface area contributed by atoms with Crippen molar-refractivity contribution in [3.05, 3.63) is 76.3 Å². The molecule has 1 fully saturated rings. The van der Waals surface area contributed by atoms with Crippen LogP contribution < -0.4 is 11.3 Å². The molecule has 1 heterocycles. The smallest absolute Gasteiger partial charge is 0.262 e. The van der Waals surface area contributed by atoms with Crippen LogP contribution in [0.3, 0.4) is 0 Å². The number of Topliss-reactive ketones (excluding diaryl/α,β-unsaturated/α-hetero) is 1. The number of ketones is 1. The number of aromatic nitrogens is 1. The summed E-state index contributed by atoms with van der Waals surface area (Å²) in [5, 5.41) is 1.23. The van der Waals surface area contributed by atoms with Crippen LogP contribution in [-0.4, -0.2) is 16.3 Å². The van der Waals surface area contributed by atoms with Crippen molar-refractivity contribution in [1.82, 2.24) is 4.57 Å². The van der Waals surface area contributed by atoms with Gasteiger partial charge in [0.1, 0.15) is 5.78 Å². The molecule has 4 rings (SSSR count). The van der Waals surface area contributed by atoms with Crippen molar-refractivity contribution >= 4 is 28.2 Å². The Hall–Kier alpha value is -3.21. The summed E-state index contributed by atoms with van der Waals surface area (Å²) < 4.78 is 1.61. The van der Waals surface area contributed by atoms with Crippen LogP contribution in [0.15, 0.2) is 65.1 Å². The molecule has 2 aromatic rings. The first-order valence-electron chi connectivity index (χ1n) is 10.6. The largest absolute Gasteiger partial charge is 0.366 e. The van der Waals surface area contributed by atoms with Crippen LogP contribution in [0.25, 0.3) is 16.5 Å². The lowest BCUT2D eigenvalue weighted by atomic mass is 10.0. The number of fused-ring (bicyclic) bond motifs is 1. The minimum atomic E-state index is -0.553. The number of benzene rings is 1. The van der Waals surface area contributed by atoms with E-state index in [2.05, 4.69) is 12.2 Å². The highest BCUT2D eigenvalue weighted by atomic mass is 16.1. The maximum absolute atomic E-state index is 13.2. The second kappa shape index (κ2) is 8.66. The number of nitrogens with two attached hydrogens (primary N) is 1. The first-order chi connectivity index (χ1) is 14.5. The molecule has 5 nitrogen and oxygen atoms in total. The quantitative estimate of drug-likeness (QED) is 0.747. The number of carbonyl (C=O) groups excluding carboxylic acids is 2. The lowest BCUT2D eigenvalue weighted by Crippen LogP contribution is -2.19. The number of primary amides is 1. The van der Waals surface area contributed by atoms with Gasteiger partial charge < -0.3 is 5.73 Å². The summed E-state index contributed by atoms with van der Waals surface area (Å²) in [5.74, 6) is 0.149. The molecule has 30 heavy (non-hydrogen) atoms. The Kier molecular flexibility index (Phi) is 5.79. The van der Waals surface area contributed by atoms with Gasteiger partial charge in [0.15, 0.2) is 0 Å². The molecule has 0 spiro atoms. The number of hydrogen-bond acceptors (Lipinski definition) is 3. The molecule has 1 saturated carbocycles. The van der Waals surface area contributed by atoms with Gasteiger partial charge in [-0.25, -0.2) is 0 Å². The van der Waals surface area contributed by atoms with Crippen LogP contribution in [0.5, 0.6) is 0 Å². The van der Waals surface area contributed by atoms with Gasteiger partial charge in [-0.2, -0.15) is 0 Å². The molecule has 0 atom stereocenters. The zero-order valence-electron chi connectivity index (χ0n) is 17.0. The predicted octanol–water partition coefficient (Wildman–Crippen LogP) is 4.37. The van der Waals surface area contributed by atoms with Crippen molar-refractivity contribution in [2.45, 2.75) is 44.9 Å². The second-order valence-electron chi connectivity index (χ2n) is 8.08. The molecule has 2 aliphatic carbocycles. The molecule has 0 unspecified atom stereocenters. The molecule has 0 radical (unpaired) electrons. The number of amides is 1. The van der Waals surface area contributed by atoms with Gasteiger partial charge in [-0.3, -0.25) is 19.0 Å². The van der Waals surface area contributed by atoms with Crippen LogP contribution in [-0.2, 0) is 4.79 Å². The van der Waals surface area contributed by atoms with Gasteiger partial charge in [0.2, 0.25) is 5.91 Å². The average Bonchev–Trinajstić information content (AvgIpc) is 3.55. The fourth-order valence-electron chi connectivity index (χ4n) is 3.86. The first kappa shape index (κ1) is 20.1. The van der Waals surface area contributed by atoms with Gasteiger partial charge >= 0.3 is 0 Å². The number of pyridine rings is 1. The Morgan fingerprint density at radius 3 is 2.73 bits per heavy atom. The molecule has 5 heteroatoms. The molecule has 2 N–H and O–H groups in total. The van der Waals surface area contributed by atoms with Crippen molar-refractivity contribution in [2.75, 3.05) is 0 Å². The number of rotatable bonds is 7. The summed E-state index contributed by atoms with van der Waals surface area (Å²) in [6.45, 7) is 0. The minimum Gasteiger partial charge on any atom is -0.366 e. The highest BCUT2D eigenvalue weighted by Crippen LogP contribution is 2.31. The number of nitrogens with zero attached hydrogens (tertiary/aromatic N) is 1. The van der Waals surface area contributed by atoms with E-state index in [0.717, 1.165) is 55.2 Å². The van der Waals surface area contributed by atoms with E-state index in [1.165, 1.54) is 0 Å². The first-order valence-corrected chi connectivity index (χ1v) is 10.6. The third-order valence-corrected chi connectivity index (χ3v) is 5.75. The summed E-state index contributed by atoms with van der Waals surface area (Å²) in [6, 6.07) is 6.80. The van der Waals surface area contributed by atoms with E-state index in [0.29, 0.717) is 29.1 Å². The Balaban J connectivity index is 1.63. The molecular weight excluding hydrogens is 376 g/mol. The van der Waals surface area contributed by atoms with Gasteiger partial charge in [-0.1, -0.05) is 18.2 Å². The normalized spacial score (nSPS) is 21.1. The van der Waals surface area contributed by atoms with Crippen LogP contribution in [0.4, 0.5) is 0 Å². The molecule has 1 aromatic heterocycles. The number of carbonyl (C=O) groups is 2. The molecular formula is C25H26N2O3. The van der Waals surface area contributed by atoms with E-state index in [-0.39, 0.29) is 5.56 Å². The molecule has 1 aromatic carbocycles. The maximum atomic E-state index is 13.2. The fourth-order valence-corrected chi connectivity index (χ4v) is 3.86. The van der Waals surface area contributed by atoms with E-state index < -0.39 is 5.91 Å². The Morgan fingerprint density at radius 2 is 1.97 bits per heavy atom. The third-order valence-electron chi connectivity index (χ3n) is 5.75. The lowest BCUT2D eigenvalue weighted by Gasteiger charge is -2.12. The Morgan fingerprint density at radius 1 is 1.13 bits per heavy atom. The summed E-state index contributed by atoms with van der Waals surface area (Å²) >= 11 is 0. The van der Waals surface area contributed by atoms with Gasteiger partial charge in [0.05, 0.1) is 0 Å². The summed E-state index contributed by atoms with van der Waals surface area (Å²) in [6.07, 6.45) is 16.3. The number of allylic oxidation sites excluding steroid dienone is 6. The Labute approximate surface area is 175 Å². The van der Waals surface area contributed by atoms with Crippen molar-refractivity contribution < 1.29 is 9.59 Å². The highest BCUT2D eigenvalue weighted by molar-refractivity contribution is 5.97. The zero-order chi connectivity index (χ0) is 21.1. The summed E-state index contributed by atoms with van der Waals surface area (Å²) in [4.78, 5) is 36.7. The minimum absolute atomic E-state index is 0.185. The van der Waals surface area contributed by atoms with Crippen molar-refractivity contribution in [3.8, 4) is 0 Å². The van der Waals surface area contributed by atoms with E-state index in [9.17, 15) is 14.4 Å². The monoisotopic (exact) mass is 402 g/mol. The third kappa shape index (κ3) is 4.51. The topological polar surface area (TPSA) is 82.2 Å².